The highest BCUT2D eigenvalue weighted by Gasteiger charge is 2.27. The van der Waals surface area contributed by atoms with Gasteiger partial charge in [-0.1, -0.05) is 27.4 Å². The van der Waals surface area contributed by atoms with Crippen LogP contribution in [0.4, 0.5) is 14.5 Å². The fourth-order valence-electron chi connectivity index (χ4n) is 1.39. The molecule has 1 rings (SSSR count). The molecule has 0 aromatic heterocycles. The summed E-state index contributed by atoms with van der Waals surface area (Å²) in [6.45, 7) is 0.122. The third-order valence-corrected chi connectivity index (χ3v) is 3.10. The number of hydrogen-bond donors (Lipinski definition) is 2. The van der Waals surface area contributed by atoms with Crippen LogP contribution in [0.1, 0.15) is 5.56 Å². The van der Waals surface area contributed by atoms with Gasteiger partial charge in [-0.15, -0.1) is 11.6 Å². The number of benzene rings is 1. The standard InChI is InChI=1S/C11H14ClF2N2OP/c12-5-7(10(15)17)6-16-9-4-2-1-3-8(9)11(13,14)18/h1-4,7,16H,5-6,18H2,(H2,15,17). The molecule has 0 aliphatic heterocycles. The van der Waals surface area contributed by atoms with Gasteiger partial charge < -0.3 is 11.1 Å². The van der Waals surface area contributed by atoms with Gasteiger partial charge in [0.2, 0.25) is 5.91 Å². The van der Waals surface area contributed by atoms with Gasteiger partial charge in [0.1, 0.15) is 0 Å². The van der Waals surface area contributed by atoms with Crippen molar-refractivity contribution in [1.29, 1.82) is 0 Å². The van der Waals surface area contributed by atoms with E-state index >= 15 is 0 Å². The Kier molecular flexibility index (Phi) is 5.29. The van der Waals surface area contributed by atoms with Crippen molar-refractivity contribution in [2.45, 2.75) is 5.66 Å². The topological polar surface area (TPSA) is 55.1 Å². The van der Waals surface area contributed by atoms with Gasteiger partial charge >= 0.3 is 0 Å². The summed E-state index contributed by atoms with van der Waals surface area (Å²) in [7, 11) is 1.48. The summed E-state index contributed by atoms with van der Waals surface area (Å²) in [6, 6.07) is 5.97. The zero-order valence-corrected chi connectivity index (χ0v) is 11.4. The summed E-state index contributed by atoms with van der Waals surface area (Å²) < 4.78 is 26.6. The number of carbonyl (C=O) groups excluding carboxylic acids is 1. The highest BCUT2D eigenvalue weighted by molar-refractivity contribution is 7.17. The van der Waals surface area contributed by atoms with Crippen LogP contribution < -0.4 is 11.1 Å². The Morgan fingerprint density at radius 1 is 1.50 bits per heavy atom. The fourth-order valence-corrected chi connectivity index (χ4v) is 1.91. The molecule has 0 radical (unpaired) electrons. The van der Waals surface area contributed by atoms with Crippen LogP contribution in [-0.4, -0.2) is 18.3 Å². The van der Waals surface area contributed by atoms with E-state index in [1.54, 1.807) is 6.07 Å². The molecule has 18 heavy (non-hydrogen) atoms. The third-order valence-electron chi connectivity index (χ3n) is 2.41. The monoisotopic (exact) mass is 294 g/mol. The van der Waals surface area contributed by atoms with Gasteiger partial charge in [-0.05, 0) is 6.07 Å². The highest BCUT2D eigenvalue weighted by atomic mass is 35.5. The SMILES string of the molecule is NC(=O)C(CCl)CNc1ccccc1C(F)(F)P. The van der Waals surface area contributed by atoms with Crippen LogP contribution in [0.5, 0.6) is 0 Å². The van der Waals surface area contributed by atoms with Gasteiger partial charge in [-0.25, -0.2) is 0 Å². The number of anilines is 1. The molecule has 0 spiro atoms. The molecule has 0 bridgehead atoms. The van der Waals surface area contributed by atoms with Crippen molar-refractivity contribution in [2.24, 2.45) is 11.7 Å². The molecule has 0 aliphatic rings. The average Bonchev–Trinajstić information content (AvgIpc) is 2.28. The molecule has 0 heterocycles. The molecular weight excluding hydrogens is 281 g/mol. The van der Waals surface area contributed by atoms with E-state index in [1.165, 1.54) is 27.4 Å². The predicted molar refractivity (Wildman–Crippen MR) is 71.9 cm³/mol. The lowest BCUT2D eigenvalue weighted by Crippen LogP contribution is -2.31. The highest BCUT2D eigenvalue weighted by Crippen LogP contribution is 2.38. The fraction of sp³-hybridized carbons (Fsp3) is 0.364. The first-order valence-electron chi connectivity index (χ1n) is 5.21. The maximum Gasteiger partial charge on any atom is 0.285 e. The Bertz CT molecular complexity index is 426. The molecule has 3 nitrogen and oxygen atoms in total. The van der Waals surface area contributed by atoms with Gasteiger partial charge in [0.15, 0.2) is 0 Å². The average molecular weight is 295 g/mol. The third kappa shape index (κ3) is 4.07. The van der Waals surface area contributed by atoms with E-state index in [9.17, 15) is 13.6 Å². The normalized spacial score (nSPS) is 13.1. The minimum absolute atomic E-state index is 0.0434. The van der Waals surface area contributed by atoms with E-state index in [0.717, 1.165) is 0 Å². The van der Waals surface area contributed by atoms with Gasteiger partial charge in [0.05, 0.1) is 5.92 Å². The largest absolute Gasteiger partial charge is 0.384 e. The molecule has 7 heteroatoms. The van der Waals surface area contributed by atoms with Crippen molar-refractivity contribution < 1.29 is 13.6 Å². The molecule has 100 valence electrons. The number of primary amides is 1. The summed E-state index contributed by atoms with van der Waals surface area (Å²) in [5.41, 5.74) is 2.18. The first-order chi connectivity index (χ1) is 8.36. The number of rotatable bonds is 6. The Labute approximate surface area is 111 Å². The molecule has 0 fully saturated rings. The van der Waals surface area contributed by atoms with E-state index in [0.29, 0.717) is 0 Å². The zero-order chi connectivity index (χ0) is 13.8. The van der Waals surface area contributed by atoms with Crippen LogP contribution in [0, 0.1) is 5.92 Å². The predicted octanol–water partition coefficient (Wildman–Crippen LogP) is 2.36. The molecule has 1 aromatic rings. The quantitative estimate of drug-likeness (QED) is 0.625. The van der Waals surface area contributed by atoms with Crippen LogP contribution in [0.3, 0.4) is 0 Å². The van der Waals surface area contributed by atoms with Gasteiger partial charge in [-0.2, -0.15) is 8.78 Å². The Hall–Kier alpha value is -0.930. The lowest BCUT2D eigenvalue weighted by Gasteiger charge is -2.18. The van der Waals surface area contributed by atoms with Crippen LogP contribution in [-0.2, 0) is 10.5 Å². The number of nitrogens with one attached hydrogen (secondary N) is 1. The summed E-state index contributed by atoms with van der Waals surface area (Å²) in [6.07, 6.45) is 0. The van der Waals surface area contributed by atoms with Gasteiger partial charge in [0, 0.05) is 23.7 Å². The molecule has 0 saturated heterocycles. The zero-order valence-electron chi connectivity index (χ0n) is 9.50. The number of hydrogen-bond acceptors (Lipinski definition) is 2. The second-order valence-corrected chi connectivity index (χ2v) is 4.84. The summed E-state index contributed by atoms with van der Waals surface area (Å²) in [5, 5.41) is 2.77. The van der Waals surface area contributed by atoms with Crippen molar-refractivity contribution in [3.05, 3.63) is 29.8 Å². The minimum atomic E-state index is -3.03. The summed E-state index contributed by atoms with van der Waals surface area (Å²) in [4.78, 5) is 11.0. The second kappa shape index (κ2) is 6.30. The Morgan fingerprint density at radius 3 is 2.61 bits per heavy atom. The van der Waals surface area contributed by atoms with Crippen molar-refractivity contribution in [3.63, 3.8) is 0 Å². The number of nitrogens with two attached hydrogens (primary N) is 1. The van der Waals surface area contributed by atoms with Gasteiger partial charge in [-0.3, -0.25) is 4.79 Å². The number of para-hydroxylation sites is 1. The van der Waals surface area contributed by atoms with Crippen molar-refractivity contribution in [3.8, 4) is 0 Å². The van der Waals surface area contributed by atoms with Crippen molar-refractivity contribution in [1.82, 2.24) is 0 Å². The van der Waals surface area contributed by atoms with Crippen LogP contribution >= 0.6 is 20.8 Å². The van der Waals surface area contributed by atoms with E-state index in [-0.39, 0.29) is 23.7 Å². The number of halogens is 3. The molecule has 2 atom stereocenters. The molecule has 0 aliphatic carbocycles. The number of alkyl halides is 3. The smallest absolute Gasteiger partial charge is 0.285 e. The van der Waals surface area contributed by atoms with Crippen molar-refractivity contribution in [2.75, 3.05) is 17.7 Å². The molecule has 3 N–H and O–H groups in total. The Morgan fingerprint density at radius 2 is 2.11 bits per heavy atom. The molecule has 1 amide bonds. The van der Waals surface area contributed by atoms with Crippen molar-refractivity contribution >= 4 is 32.4 Å². The van der Waals surface area contributed by atoms with E-state index in [4.69, 9.17) is 17.3 Å². The molecule has 0 saturated carbocycles. The number of carbonyl (C=O) groups is 1. The lowest BCUT2D eigenvalue weighted by atomic mass is 10.1. The molecule has 1 aromatic carbocycles. The van der Waals surface area contributed by atoms with E-state index < -0.39 is 17.5 Å². The maximum atomic E-state index is 13.3. The van der Waals surface area contributed by atoms with E-state index in [2.05, 4.69) is 5.32 Å². The summed E-state index contributed by atoms with van der Waals surface area (Å²) in [5.74, 6) is -1.12. The second-order valence-electron chi connectivity index (χ2n) is 3.80. The lowest BCUT2D eigenvalue weighted by molar-refractivity contribution is -0.120. The summed E-state index contributed by atoms with van der Waals surface area (Å²) >= 11 is 5.57. The van der Waals surface area contributed by atoms with E-state index in [1.807, 2.05) is 0 Å². The Balaban J connectivity index is 2.82. The molecular formula is C11H14ClF2N2OP. The molecule has 2 unspecified atom stereocenters. The van der Waals surface area contributed by atoms with Gasteiger partial charge in [0.25, 0.3) is 5.66 Å². The minimum Gasteiger partial charge on any atom is -0.384 e. The first kappa shape index (κ1) is 15.1. The van der Waals surface area contributed by atoms with Crippen LogP contribution in [0.2, 0.25) is 0 Å². The van der Waals surface area contributed by atoms with Crippen LogP contribution in [0.25, 0.3) is 0 Å². The number of amides is 1. The first-order valence-corrected chi connectivity index (χ1v) is 6.32. The van der Waals surface area contributed by atoms with Crippen LogP contribution in [0.15, 0.2) is 24.3 Å². The maximum absolute atomic E-state index is 13.3.